The molecule has 14 heavy (non-hydrogen) atoms. The molecule has 0 bridgehead atoms. The molecule has 0 spiro atoms. The zero-order chi connectivity index (χ0) is 9.97. The van der Waals surface area contributed by atoms with E-state index >= 15 is 0 Å². The van der Waals surface area contributed by atoms with E-state index in [0.717, 1.165) is 0 Å². The van der Waals surface area contributed by atoms with Crippen molar-refractivity contribution >= 4 is 11.6 Å². The summed E-state index contributed by atoms with van der Waals surface area (Å²) in [6.45, 7) is 3.57. The molecule has 2 unspecified atom stereocenters. The van der Waals surface area contributed by atoms with Crippen LogP contribution in [0.5, 0.6) is 0 Å². The SMILES string of the molecule is CC(Cl)c1ncc(C2COCCO2)o1. The molecule has 1 fully saturated rings. The van der Waals surface area contributed by atoms with Gasteiger partial charge in [-0.05, 0) is 6.92 Å². The molecule has 0 aromatic carbocycles. The highest BCUT2D eigenvalue weighted by Gasteiger charge is 2.21. The highest BCUT2D eigenvalue weighted by molar-refractivity contribution is 6.20. The molecule has 5 heteroatoms. The molecule has 0 saturated carbocycles. The second kappa shape index (κ2) is 4.29. The van der Waals surface area contributed by atoms with Crippen LogP contribution in [0.4, 0.5) is 0 Å². The summed E-state index contributed by atoms with van der Waals surface area (Å²) in [7, 11) is 0. The molecule has 4 nitrogen and oxygen atoms in total. The fraction of sp³-hybridized carbons (Fsp3) is 0.667. The van der Waals surface area contributed by atoms with Crippen LogP contribution in [0.15, 0.2) is 10.6 Å². The molecule has 0 aliphatic carbocycles. The smallest absolute Gasteiger partial charge is 0.212 e. The fourth-order valence-corrected chi connectivity index (χ4v) is 1.39. The number of halogens is 1. The normalized spacial score (nSPS) is 24.9. The van der Waals surface area contributed by atoms with E-state index < -0.39 is 0 Å². The Kier molecular flexibility index (Phi) is 3.05. The lowest BCUT2D eigenvalue weighted by atomic mass is 10.3. The summed E-state index contributed by atoms with van der Waals surface area (Å²) in [5.41, 5.74) is 0. The van der Waals surface area contributed by atoms with Crippen LogP contribution in [0, 0.1) is 0 Å². The zero-order valence-corrected chi connectivity index (χ0v) is 8.66. The molecule has 1 aromatic heterocycles. The molecule has 1 aliphatic rings. The van der Waals surface area contributed by atoms with Crippen molar-refractivity contribution < 1.29 is 13.9 Å². The van der Waals surface area contributed by atoms with Crippen LogP contribution < -0.4 is 0 Å². The third-order valence-electron chi connectivity index (χ3n) is 2.02. The first kappa shape index (κ1) is 9.96. The Bertz CT molecular complexity index is 294. The second-order valence-electron chi connectivity index (χ2n) is 3.15. The van der Waals surface area contributed by atoms with Crippen molar-refractivity contribution in [2.45, 2.75) is 18.4 Å². The van der Waals surface area contributed by atoms with Gasteiger partial charge in [0.15, 0.2) is 5.76 Å². The first-order chi connectivity index (χ1) is 6.77. The maximum Gasteiger partial charge on any atom is 0.212 e. The minimum absolute atomic E-state index is 0.139. The van der Waals surface area contributed by atoms with Crippen molar-refractivity contribution in [3.63, 3.8) is 0 Å². The van der Waals surface area contributed by atoms with Gasteiger partial charge in [0, 0.05) is 0 Å². The molecular weight excluding hydrogens is 206 g/mol. The quantitative estimate of drug-likeness (QED) is 0.712. The summed E-state index contributed by atoms with van der Waals surface area (Å²) < 4.78 is 16.2. The number of aromatic nitrogens is 1. The van der Waals surface area contributed by atoms with E-state index in [4.69, 9.17) is 25.5 Å². The first-order valence-corrected chi connectivity index (χ1v) is 5.00. The van der Waals surface area contributed by atoms with Crippen LogP contribution >= 0.6 is 11.6 Å². The average Bonchev–Trinajstić information content (AvgIpc) is 2.68. The van der Waals surface area contributed by atoms with Crippen LogP contribution in [0.2, 0.25) is 0 Å². The van der Waals surface area contributed by atoms with Gasteiger partial charge in [-0.1, -0.05) is 0 Å². The van der Waals surface area contributed by atoms with Crippen molar-refractivity contribution in [2.24, 2.45) is 0 Å². The van der Waals surface area contributed by atoms with Crippen LogP contribution in [-0.4, -0.2) is 24.8 Å². The highest BCUT2D eigenvalue weighted by atomic mass is 35.5. The topological polar surface area (TPSA) is 44.5 Å². The number of hydrogen-bond donors (Lipinski definition) is 0. The molecule has 2 heterocycles. The third-order valence-corrected chi connectivity index (χ3v) is 2.20. The van der Waals surface area contributed by atoms with Gasteiger partial charge in [-0.3, -0.25) is 0 Å². The minimum Gasteiger partial charge on any atom is -0.441 e. The largest absolute Gasteiger partial charge is 0.441 e. The van der Waals surface area contributed by atoms with Gasteiger partial charge >= 0.3 is 0 Å². The molecule has 2 atom stereocenters. The van der Waals surface area contributed by atoms with Gasteiger partial charge < -0.3 is 13.9 Å². The Balaban J connectivity index is 2.07. The summed E-state index contributed by atoms with van der Waals surface area (Å²) in [6, 6.07) is 0. The Hall–Kier alpha value is -0.580. The van der Waals surface area contributed by atoms with E-state index in [9.17, 15) is 0 Å². The van der Waals surface area contributed by atoms with E-state index in [1.807, 2.05) is 6.92 Å². The van der Waals surface area contributed by atoms with Gasteiger partial charge in [-0.15, -0.1) is 11.6 Å². The standard InChI is InChI=1S/C9H12ClNO3/c1-6(10)9-11-4-7(14-9)8-5-12-2-3-13-8/h4,6,8H,2-3,5H2,1H3. The summed E-state index contributed by atoms with van der Waals surface area (Å²) in [6.07, 6.45) is 1.51. The summed E-state index contributed by atoms with van der Waals surface area (Å²) in [5.74, 6) is 1.21. The maximum atomic E-state index is 5.83. The molecule has 78 valence electrons. The first-order valence-electron chi connectivity index (χ1n) is 4.56. The molecule has 0 N–H and O–H groups in total. The Labute approximate surface area is 87.2 Å². The number of ether oxygens (including phenoxy) is 2. The third kappa shape index (κ3) is 2.08. The molecule has 0 amide bonds. The maximum absolute atomic E-state index is 5.83. The van der Waals surface area contributed by atoms with Gasteiger partial charge in [0.1, 0.15) is 11.5 Å². The van der Waals surface area contributed by atoms with Gasteiger partial charge in [0.05, 0.1) is 26.0 Å². The summed E-state index contributed by atoms with van der Waals surface area (Å²) in [4.78, 5) is 4.06. The van der Waals surface area contributed by atoms with E-state index in [-0.39, 0.29) is 11.5 Å². The number of rotatable bonds is 2. The Morgan fingerprint density at radius 2 is 2.43 bits per heavy atom. The number of hydrogen-bond acceptors (Lipinski definition) is 4. The van der Waals surface area contributed by atoms with Crippen LogP contribution in [0.1, 0.15) is 30.1 Å². The van der Waals surface area contributed by atoms with Crippen LogP contribution in [0.3, 0.4) is 0 Å². The van der Waals surface area contributed by atoms with E-state index in [1.165, 1.54) is 0 Å². The predicted molar refractivity (Wildman–Crippen MR) is 50.3 cm³/mol. The van der Waals surface area contributed by atoms with Gasteiger partial charge in [-0.2, -0.15) is 0 Å². The molecule has 1 aromatic rings. The number of oxazole rings is 1. The highest BCUT2D eigenvalue weighted by Crippen LogP contribution is 2.25. The molecular formula is C9H12ClNO3. The van der Waals surface area contributed by atoms with E-state index in [1.54, 1.807) is 6.20 Å². The Morgan fingerprint density at radius 1 is 1.57 bits per heavy atom. The average molecular weight is 218 g/mol. The van der Waals surface area contributed by atoms with Gasteiger partial charge in [-0.25, -0.2) is 4.98 Å². The van der Waals surface area contributed by atoms with E-state index in [0.29, 0.717) is 31.5 Å². The Morgan fingerprint density at radius 3 is 3.00 bits per heavy atom. The lowest BCUT2D eigenvalue weighted by Gasteiger charge is -2.20. The summed E-state index contributed by atoms with van der Waals surface area (Å²) in [5, 5.41) is -0.215. The second-order valence-corrected chi connectivity index (χ2v) is 3.81. The molecule has 0 radical (unpaired) electrons. The van der Waals surface area contributed by atoms with Crippen molar-refractivity contribution in [2.75, 3.05) is 19.8 Å². The number of nitrogens with zero attached hydrogens (tertiary/aromatic N) is 1. The van der Waals surface area contributed by atoms with E-state index in [2.05, 4.69) is 4.98 Å². The zero-order valence-electron chi connectivity index (χ0n) is 7.90. The minimum atomic E-state index is -0.215. The molecule has 2 rings (SSSR count). The predicted octanol–water partition coefficient (Wildman–Crippen LogP) is 2.06. The van der Waals surface area contributed by atoms with Crippen molar-refractivity contribution in [3.05, 3.63) is 17.8 Å². The van der Waals surface area contributed by atoms with Crippen molar-refractivity contribution in [1.29, 1.82) is 0 Å². The fourth-order valence-electron chi connectivity index (χ4n) is 1.29. The number of alkyl halides is 1. The monoisotopic (exact) mass is 217 g/mol. The van der Waals surface area contributed by atoms with Gasteiger partial charge in [0.25, 0.3) is 0 Å². The van der Waals surface area contributed by atoms with Gasteiger partial charge in [0.2, 0.25) is 5.89 Å². The van der Waals surface area contributed by atoms with Crippen molar-refractivity contribution in [1.82, 2.24) is 4.98 Å². The van der Waals surface area contributed by atoms with Crippen molar-refractivity contribution in [3.8, 4) is 0 Å². The molecule has 1 aliphatic heterocycles. The lowest BCUT2D eigenvalue weighted by Crippen LogP contribution is -2.21. The lowest BCUT2D eigenvalue weighted by molar-refractivity contribution is -0.0978. The summed E-state index contributed by atoms with van der Waals surface area (Å²) >= 11 is 5.83. The van der Waals surface area contributed by atoms with Crippen LogP contribution in [-0.2, 0) is 9.47 Å². The van der Waals surface area contributed by atoms with Crippen LogP contribution in [0.25, 0.3) is 0 Å². The molecule has 1 saturated heterocycles.